The first-order valence-corrected chi connectivity index (χ1v) is 17.8. The van der Waals surface area contributed by atoms with Gasteiger partial charge in [-0.1, -0.05) is 5.21 Å². The lowest BCUT2D eigenvalue weighted by Gasteiger charge is -2.56. The fraction of sp³-hybridized carbons (Fsp3) is 0.667. The number of esters is 1. The van der Waals surface area contributed by atoms with E-state index in [0.29, 0.717) is 69.3 Å². The zero-order chi connectivity index (χ0) is 37.1. The number of nitrogens with zero attached hydrogens (tertiary/aromatic N) is 6. The Morgan fingerprint density at radius 1 is 0.942 bits per heavy atom. The molecule has 16 heteroatoms. The van der Waals surface area contributed by atoms with Gasteiger partial charge >= 0.3 is 18.2 Å². The van der Waals surface area contributed by atoms with Crippen LogP contribution >= 0.6 is 0 Å². The minimum atomic E-state index is -4.85. The second kappa shape index (κ2) is 15.5. The van der Waals surface area contributed by atoms with E-state index in [-0.39, 0.29) is 30.2 Å². The molecule has 282 valence electrons. The number of carbonyl (C=O) groups is 3. The van der Waals surface area contributed by atoms with Crippen LogP contribution in [0.2, 0.25) is 0 Å². The standard InChI is InChI=1S/C36H45F3N6O7/c1-34(2)32(47)45(29-4-3-27(21-40)30(16-29)36(37,38)39)33(48)44(34)23-28-22-43(42-41-28)5-6-49-7-8-50-9-10-51-11-12-52-31(46)20-35-17-24-13-25(18-35)15-26(14-24)19-35/h3-4,16,22,24-26H,5-15,17-20,23H2,1-2H3. The van der Waals surface area contributed by atoms with Crippen molar-refractivity contribution in [1.82, 2.24) is 19.9 Å². The third-order valence-electron chi connectivity index (χ3n) is 10.8. The zero-order valence-electron chi connectivity index (χ0n) is 29.5. The summed E-state index contributed by atoms with van der Waals surface area (Å²) in [6.45, 7) is 5.53. The first-order valence-electron chi connectivity index (χ1n) is 17.8. The van der Waals surface area contributed by atoms with Gasteiger partial charge in [0, 0.05) is 0 Å². The van der Waals surface area contributed by atoms with Crippen molar-refractivity contribution in [3.05, 3.63) is 41.2 Å². The van der Waals surface area contributed by atoms with Gasteiger partial charge in [-0.25, -0.2) is 14.4 Å². The SMILES string of the molecule is CC1(C)C(=O)N(c2ccc(C#N)c(C(F)(F)F)c2)C(=O)N1Cc1cn(CCOCCOCCOCCOC(=O)CC23CC4CC(CC(C4)C2)C3)nn1. The molecule has 2 heterocycles. The third-order valence-corrected chi connectivity index (χ3v) is 10.8. The van der Waals surface area contributed by atoms with Gasteiger partial charge in [0.1, 0.15) is 17.8 Å². The molecule has 52 heavy (non-hydrogen) atoms. The minimum absolute atomic E-state index is 0.107. The van der Waals surface area contributed by atoms with Crippen molar-refractivity contribution in [2.24, 2.45) is 23.2 Å². The second-order valence-corrected chi connectivity index (χ2v) is 15.0. The lowest BCUT2D eigenvalue weighted by atomic mass is 9.49. The van der Waals surface area contributed by atoms with Gasteiger partial charge in [-0.2, -0.15) is 18.4 Å². The summed E-state index contributed by atoms with van der Waals surface area (Å²) in [5, 5.41) is 17.2. The summed E-state index contributed by atoms with van der Waals surface area (Å²) >= 11 is 0. The summed E-state index contributed by atoms with van der Waals surface area (Å²) in [5.74, 6) is 1.60. The van der Waals surface area contributed by atoms with Gasteiger partial charge in [-0.15, -0.1) is 5.10 Å². The Hall–Kier alpha value is -4.07. The summed E-state index contributed by atoms with van der Waals surface area (Å²) in [7, 11) is 0. The smallest absolute Gasteiger partial charge is 0.417 e. The number of rotatable bonds is 17. The average molecular weight is 731 g/mol. The molecule has 1 aliphatic heterocycles. The van der Waals surface area contributed by atoms with E-state index in [1.54, 1.807) is 6.20 Å². The monoisotopic (exact) mass is 730 g/mol. The molecule has 0 N–H and O–H groups in total. The lowest BCUT2D eigenvalue weighted by Crippen LogP contribution is -2.47. The molecular weight excluding hydrogens is 685 g/mol. The van der Waals surface area contributed by atoms with E-state index in [2.05, 4.69) is 10.3 Å². The van der Waals surface area contributed by atoms with Crippen molar-refractivity contribution in [3.63, 3.8) is 0 Å². The summed E-state index contributed by atoms with van der Waals surface area (Å²) in [4.78, 5) is 41.0. The van der Waals surface area contributed by atoms with Crippen LogP contribution in [0.3, 0.4) is 0 Å². The molecule has 2 aromatic rings. The molecule has 0 atom stereocenters. The van der Waals surface area contributed by atoms with Crippen molar-refractivity contribution in [2.45, 2.75) is 83.6 Å². The molecule has 3 amide bonds. The van der Waals surface area contributed by atoms with Crippen LogP contribution in [0.15, 0.2) is 24.4 Å². The maximum absolute atomic E-state index is 13.5. The average Bonchev–Trinajstić information content (AvgIpc) is 3.59. The topological polar surface area (TPSA) is 149 Å². The molecule has 1 aromatic heterocycles. The number of halogens is 3. The number of carbonyl (C=O) groups excluding carboxylic acids is 3. The van der Waals surface area contributed by atoms with Crippen LogP contribution in [0.1, 0.15) is 75.6 Å². The summed E-state index contributed by atoms with van der Waals surface area (Å²) in [5.41, 5.74) is -2.97. The van der Waals surface area contributed by atoms with Crippen molar-refractivity contribution in [3.8, 4) is 6.07 Å². The highest BCUT2D eigenvalue weighted by Gasteiger charge is 2.53. The van der Waals surface area contributed by atoms with E-state index in [1.807, 2.05) is 0 Å². The normalized spacial score (nSPS) is 24.9. The number of hydrogen-bond acceptors (Lipinski definition) is 10. The molecule has 7 rings (SSSR count). The number of amides is 3. The van der Waals surface area contributed by atoms with E-state index in [4.69, 9.17) is 24.2 Å². The van der Waals surface area contributed by atoms with Gasteiger partial charge < -0.3 is 23.8 Å². The fourth-order valence-corrected chi connectivity index (χ4v) is 8.79. The summed E-state index contributed by atoms with van der Waals surface area (Å²) in [6, 6.07) is 3.38. The van der Waals surface area contributed by atoms with Crippen LogP contribution in [0, 0.1) is 34.5 Å². The Balaban J connectivity index is 0.837. The van der Waals surface area contributed by atoms with Gasteiger partial charge in [0.2, 0.25) is 0 Å². The molecule has 0 spiro atoms. The number of urea groups is 1. The molecule has 4 aliphatic carbocycles. The molecule has 13 nitrogen and oxygen atoms in total. The zero-order valence-corrected chi connectivity index (χ0v) is 29.5. The number of imide groups is 1. The first kappa shape index (κ1) is 37.7. The van der Waals surface area contributed by atoms with E-state index in [0.717, 1.165) is 29.9 Å². The summed E-state index contributed by atoms with van der Waals surface area (Å²) < 4.78 is 64.3. The molecule has 4 bridgehead atoms. The Morgan fingerprint density at radius 2 is 1.54 bits per heavy atom. The van der Waals surface area contributed by atoms with Crippen molar-refractivity contribution < 1.29 is 46.5 Å². The van der Waals surface area contributed by atoms with Crippen molar-refractivity contribution in [1.29, 1.82) is 5.26 Å². The van der Waals surface area contributed by atoms with Crippen LogP contribution in [0.5, 0.6) is 0 Å². The summed E-state index contributed by atoms with van der Waals surface area (Å²) in [6.07, 6.45) is 4.90. The van der Waals surface area contributed by atoms with E-state index >= 15 is 0 Å². The number of benzene rings is 1. The molecule has 1 aromatic carbocycles. The van der Waals surface area contributed by atoms with Gasteiger partial charge in [0.15, 0.2) is 0 Å². The van der Waals surface area contributed by atoms with E-state index in [1.165, 1.54) is 68.0 Å². The largest absolute Gasteiger partial charge is 0.463 e. The Labute approximate surface area is 300 Å². The number of anilines is 1. The highest BCUT2D eigenvalue weighted by molar-refractivity contribution is 6.23. The lowest BCUT2D eigenvalue weighted by molar-refractivity contribution is -0.153. The predicted molar refractivity (Wildman–Crippen MR) is 177 cm³/mol. The fourth-order valence-electron chi connectivity index (χ4n) is 8.79. The predicted octanol–water partition coefficient (Wildman–Crippen LogP) is 5.12. The molecule has 0 radical (unpaired) electrons. The van der Waals surface area contributed by atoms with Crippen LogP contribution < -0.4 is 4.90 Å². The number of nitriles is 1. The third kappa shape index (κ3) is 8.42. The highest BCUT2D eigenvalue weighted by Crippen LogP contribution is 2.61. The maximum Gasteiger partial charge on any atom is 0.417 e. The van der Waals surface area contributed by atoms with Crippen LogP contribution in [-0.2, 0) is 47.8 Å². The van der Waals surface area contributed by atoms with Crippen molar-refractivity contribution >= 4 is 23.6 Å². The van der Waals surface area contributed by atoms with E-state index < -0.39 is 34.8 Å². The molecular formula is C36H45F3N6O7. The molecule has 5 aliphatic rings. The van der Waals surface area contributed by atoms with Crippen LogP contribution in [0.4, 0.5) is 23.7 Å². The van der Waals surface area contributed by atoms with E-state index in [9.17, 15) is 27.6 Å². The van der Waals surface area contributed by atoms with Crippen molar-refractivity contribution in [2.75, 3.05) is 51.1 Å². The molecule has 1 saturated heterocycles. The van der Waals surface area contributed by atoms with Gasteiger partial charge in [-0.05, 0) is 93.7 Å². The molecule has 0 unspecified atom stereocenters. The second-order valence-electron chi connectivity index (χ2n) is 15.0. The highest BCUT2D eigenvalue weighted by atomic mass is 19.4. The van der Waals surface area contributed by atoms with Crippen LogP contribution in [-0.4, -0.2) is 89.6 Å². The van der Waals surface area contributed by atoms with Gasteiger partial charge in [0.25, 0.3) is 5.91 Å². The molecule has 5 fully saturated rings. The number of alkyl halides is 3. The number of hydrogen-bond donors (Lipinski definition) is 0. The minimum Gasteiger partial charge on any atom is -0.463 e. The molecule has 4 saturated carbocycles. The van der Waals surface area contributed by atoms with Gasteiger partial charge in [-0.3, -0.25) is 9.59 Å². The quantitative estimate of drug-likeness (QED) is 0.122. The number of aromatic nitrogens is 3. The Kier molecular flexibility index (Phi) is 11.2. The Bertz CT molecular complexity index is 1640. The Morgan fingerprint density at radius 3 is 2.13 bits per heavy atom. The van der Waals surface area contributed by atoms with Crippen LogP contribution in [0.25, 0.3) is 0 Å². The number of ether oxygens (including phenoxy) is 4. The van der Waals surface area contributed by atoms with Gasteiger partial charge in [0.05, 0.1) is 88.2 Å². The maximum atomic E-state index is 13.5. The first-order chi connectivity index (χ1) is 24.8.